The number of nitrogens with one attached hydrogen (secondary N) is 1. The van der Waals surface area contributed by atoms with Crippen LogP contribution in [0, 0.1) is 17.8 Å². The number of benzene rings is 1. The van der Waals surface area contributed by atoms with Gasteiger partial charge in [0.2, 0.25) is 5.91 Å². The van der Waals surface area contributed by atoms with Gasteiger partial charge in [0.1, 0.15) is 0 Å². The molecular weight excluding hydrogens is 300 g/mol. The first-order chi connectivity index (χ1) is 11.5. The molecule has 1 amide bonds. The van der Waals surface area contributed by atoms with Gasteiger partial charge < -0.3 is 15.3 Å². The molecule has 24 heavy (non-hydrogen) atoms. The van der Waals surface area contributed by atoms with Gasteiger partial charge in [0.15, 0.2) is 0 Å². The maximum atomic E-state index is 12.5. The van der Waals surface area contributed by atoms with E-state index in [1.54, 1.807) is 0 Å². The van der Waals surface area contributed by atoms with E-state index in [-0.39, 0.29) is 12.5 Å². The Labute approximate surface area is 146 Å². The van der Waals surface area contributed by atoms with E-state index in [0.717, 1.165) is 43.7 Å². The molecule has 1 atom stereocenters. The van der Waals surface area contributed by atoms with Crippen LogP contribution in [0.3, 0.4) is 0 Å². The fourth-order valence-corrected chi connectivity index (χ4v) is 3.50. The Morgan fingerprint density at radius 1 is 1.29 bits per heavy atom. The van der Waals surface area contributed by atoms with Crippen molar-refractivity contribution in [2.45, 2.75) is 46.5 Å². The van der Waals surface area contributed by atoms with E-state index in [0.29, 0.717) is 24.2 Å². The number of hydrogen-bond acceptors (Lipinski definition) is 3. The SMILES string of the molecule is CCC(CC(=O)Nc1ccccc1N1CCC(CO)CC1)C(C)C. The fraction of sp³-hybridized carbons (Fsp3) is 0.650. The van der Waals surface area contributed by atoms with Gasteiger partial charge in [-0.1, -0.05) is 39.3 Å². The molecule has 0 bridgehead atoms. The summed E-state index contributed by atoms with van der Waals surface area (Å²) >= 11 is 0. The van der Waals surface area contributed by atoms with Crippen LogP contribution >= 0.6 is 0 Å². The summed E-state index contributed by atoms with van der Waals surface area (Å²) < 4.78 is 0. The molecule has 0 aliphatic carbocycles. The summed E-state index contributed by atoms with van der Waals surface area (Å²) in [5.41, 5.74) is 2.00. The van der Waals surface area contributed by atoms with Crippen LogP contribution in [0.5, 0.6) is 0 Å². The quantitative estimate of drug-likeness (QED) is 0.796. The lowest BCUT2D eigenvalue weighted by Crippen LogP contribution is -2.35. The van der Waals surface area contributed by atoms with E-state index in [9.17, 15) is 9.90 Å². The predicted molar refractivity (Wildman–Crippen MR) is 100 cm³/mol. The smallest absolute Gasteiger partial charge is 0.224 e. The molecule has 1 heterocycles. The monoisotopic (exact) mass is 332 g/mol. The van der Waals surface area contributed by atoms with Crippen LogP contribution in [0.4, 0.5) is 11.4 Å². The fourth-order valence-electron chi connectivity index (χ4n) is 3.50. The van der Waals surface area contributed by atoms with Gasteiger partial charge in [0.05, 0.1) is 11.4 Å². The maximum absolute atomic E-state index is 12.5. The van der Waals surface area contributed by atoms with E-state index in [2.05, 4.69) is 37.1 Å². The Kier molecular flexibility index (Phi) is 7.10. The van der Waals surface area contributed by atoms with Crippen LogP contribution in [0.25, 0.3) is 0 Å². The predicted octanol–water partition coefficient (Wildman–Crippen LogP) is 3.91. The van der Waals surface area contributed by atoms with Crippen molar-refractivity contribution >= 4 is 17.3 Å². The normalized spacial score (nSPS) is 17.1. The van der Waals surface area contributed by atoms with Gasteiger partial charge in [-0.15, -0.1) is 0 Å². The van der Waals surface area contributed by atoms with E-state index < -0.39 is 0 Å². The van der Waals surface area contributed by atoms with E-state index >= 15 is 0 Å². The van der Waals surface area contributed by atoms with Crippen molar-refractivity contribution in [2.24, 2.45) is 17.8 Å². The molecule has 1 aliphatic heterocycles. The van der Waals surface area contributed by atoms with Crippen molar-refractivity contribution in [2.75, 3.05) is 29.9 Å². The largest absolute Gasteiger partial charge is 0.396 e. The van der Waals surface area contributed by atoms with Crippen LogP contribution in [0.15, 0.2) is 24.3 Å². The standard InChI is InChI=1S/C20H32N2O2/c1-4-17(15(2)3)13-20(24)21-18-7-5-6-8-19(18)22-11-9-16(14-23)10-12-22/h5-8,15-17,23H,4,9-14H2,1-3H3,(H,21,24). The lowest BCUT2D eigenvalue weighted by atomic mass is 9.90. The molecule has 1 aromatic rings. The minimum atomic E-state index is 0.105. The van der Waals surface area contributed by atoms with Crippen LogP contribution in [-0.2, 0) is 4.79 Å². The number of aliphatic hydroxyl groups is 1. The zero-order chi connectivity index (χ0) is 17.5. The summed E-state index contributed by atoms with van der Waals surface area (Å²) in [5, 5.41) is 12.4. The van der Waals surface area contributed by atoms with Crippen molar-refractivity contribution < 1.29 is 9.90 Å². The van der Waals surface area contributed by atoms with Gasteiger partial charge in [-0.2, -0.15) is 0 Å². The minimum Gasteiger partial charge on any atom is -0.396 e. The van der Waals surface area contributed by atoms with Crippen molar-refractivity contribution in [3.63, 3.8) is 0 Å². The number of rotatable bonds is 7. The highest BCUT2D eigenvalue weighted by Gasteiger charge is 2.21. The molecule has 1 aliphatic rings. The second-order valence-corrected chi connectivity index (χ2v) is 7.29. The summed E-state index contributed by atoms with van der Waals surface area (Å²) in [7, 11) is 0. The van der Waals surface area contributed by atoms with Crippen LogP contribution in [0.2, 0.25) is 0 Å². The Balaban J connectivity index is 2.02. The van der Waals surface area contributed by atoms with Crippen LogP contribution < -0.4 is 10.2 Å². The summed E-state index contributed by atoms with van der Waals surface area (Å²) in [6.07, 6.45) is 3.62. The number of anilines is 2. The minimum absolute atomic E-state index is 0.105. The van der Waals surface area contributed by atoms with Gasteiger partial charge in [0, 0.05) is 26.1 Å². The molecule has 1 unspecified atom stereocenters. The van der Waals surface area contributed by atoms with Crippen LogP contribution in [-0.4, -0.2) is 30.7 Å². The molecule has 2 rings (SSSR count). The highest BCUT2D eigenvalue weighted by molar-refractivity contribution is 5.94. The zero-order valence-corrected chi connectivity index (χ0v) is 15.3. The van der Waals surface area contributed by atoms with E-state index in [4.69, 9.17) is 0 Å². The molecule has 1 saturated heterocycles. The Morgan fingerprint density at radius 2 is 1.96 bits per heavy atom. The van der Waals surface area contributed by atoms with Gasteiger partial charge in [-0.3, -0.25) is 4.79 Å². The van der Waals surface area contributed by atoms with Crippen LogP contribution in [0.1, 0.15) is 46.5 Å². The molecule has 1 fully saturated rings. The zero-order valence-electron chi connectivity index (χ0n) is 15.3. The third-order valence-electron chi connectivity index (χ3n) is 5.31. The van der Waals surface area contributed by atoms with E-state index in [1.165, 1.54) is 0 Å². The lowest BCUT2D eigenvalue weighted by molar-refractivity contribution is -0.117. The highest BCUT2D eigenvalue weighted by atomic mass is 16.3. The molecule has 0 radical (unpaired) electrons. The summed E-state index contributed by atoms with van der Waals surface area (Å²) in [6, 6.07) is 8.06. The van der Waals surface area contributed by atoms with Gasteiger partial charge in [-0.25, -0.2) is 0 Å². The molecule has 134 valence electrons. The lowest BCUT2D eigenvalue weighted by Gasteiger charge is -2.34. The van der Waals surface area contributed by atoms with Crippen molar-refractivity contribution in [1.29, 1.82) is 0 Å². The third kappa shape index (κ3) is 4.97. The summed E-state index contributed by atoms with van der Waals surface area (Å²) in [5.74, 6) is 1.47. The molecule has 2 N–H and O–H groups in total. The van der Waals surface area contributed by atoms with Crippen molar-refractivity contribution in [3.05, 3.63) is 24.3 Å². The number of para-hydroxylation sites is 2. The topological polar surface area (TPSA) is 52.6 Å². The number of hydrogen-bond donors (Lipinski definition) is 2. The molecule has 0 saturated carbocycles. The molecule has 4 nitrogen and oxygen atoms in total. The number of nitrogens with zero attached hydrogens (tertiary/aromatic N) is 1. The molecule has 0 aromatic heterocycles. The average molecular weight is 332 g/mol. The first-order valence-corrected chi connectivity index (χ1v) is 9.29. The highest BCUT2D eigenvalue weighted by Crippen LogP contribution is 2.30. The third-order valence-corrected chi connectivity index (χ3v) is 5.31. The van der Waals surface area contributed by atoms with Gasteiger partial charge in [0.25, 0.3) is 0 Å². The van der Waals surface area contributed by atoms with Crippen molar-refractivity contribution in [1.82, 2.24) is 0 Å². The Bertz CT molecular complexity index is 522. The first kappa shape index (κ1) is 18.8. The Morgan fingerprint density at radius 3 is 2.54 bits per heavy atom. The first-order valence-electron chi connectivity index (χ1n) is 9.29. The molecule has 1 aromatic carbocycles. The average Bonchev–Trinajstić information content (AvgIpc) is 2.60. The second kappa shape index (κ2) is 9.07. The maximum Gasteiger partial charge on any atom is 0.224 e. The Hall–Kier alpha value is -1.55. The van der Waals surface area contributed by atoms with Gasteiger partial charge >= 0.3 is 0 Å². The summed E-state index contributed by atoms with van der Waals surface area (Å²) in [4.78, 5) is 14.8. The van der Waals surface area contributed by atoms with E-state index in [1.807, 2.05) is 18.2 Å². The van der Waals surface area contributed by atoms with Gasteiger partial charge in [-0.05, 0) is 42.7 Å². The molecule has 4 heteroatoms. The molecule has 0 spiro atoms. The number of carbonyl (C=O) groups excluding carboxylic acids is 1. The number of carbonyl (C=O) groups is 1. The number of aliphatic hydroxyl groups excluding tert-OH is 1. The number of piperidine rings is 1. The number of amides is 1. The molecular formula is C20H32N2O2. The second-order valence-electron chi connectivity index (χ2n) is 7.29. The summed E-state index contributed by atoms with van der Waals surface area (Å²) in [6.45, 7) is 8.65. The van der Waals surface area contributed by atoms with Crippen molar-refractivity contribution in [3.8, 4) is 0 Å².